The minimum absolute atomic E-state index is 0.0959. The largest absolute Gasteiger partial charge is 0.480 e. The second-order valence-corrected chi connectivity index (χ2v) is 4.15. The van der Waals surface area contributed by atoms with Crippen LogP contribution >= 0.6 is 0 Å². The highest BCUT2D eigenvalue weighted by Crippen LogP contribution is 2.29. The molecule has 2 rings (SSSR count). The molecule has 1 aliphatic rings. The van der Waals surface area contributed by atoms with E-state index >= 15 is 0 Å². The van der Waals surface area contributed by atoms with E-state index in [0.29, 0.717) is 19.0 Å². The average Bonchev–Trinajstić information content (AvgIpc) is 2.89. The first kappa shape index (κ1) is 11.0. The van der Waals surface area contributed by atoms with Crippen molar-refractivity contribution in [3.8, 4) is 0 Å². The lowest BCUT2D eigenvalue weighted by molar-refractivity contribution is -0.138. The lowest BCUT2D eigenvalue weighted by Gasteiger charge is -2.19. The van der Waals surface area contributed by atoms with Gasteiger partial charge in [-0.2, -0.15) is 0 Å². The first-order chi connectivity index (χ1) is 7.74. The van der Waals surface area contributed by atoms with Gasteiger partial charge in [0, 0.05) is 13.1 Å². The lowest BCUT2D eigenvalue weighted by atomic mass is 10.3. The van der Waals surface area contributed by atoms with E-state index in [4.69, 9.17) is 5.11 Å². The highest BCUT2D eigenvalue weighted by molar-refractivity contribution is 5.69. The molecule has 1 saturated carbocycles. The third kappa shape index (κ3) is 3.58. The van der Waals surface area contributed by atoms with Crippen molar-refractivity contribution < 1.29 is 9.90 Å². The molecule has 1 aliphatic carbocycles. The van der Waals surface area contributed by atoms with Crippen LogP contribution in [-0.4, -0.2) is 55.8 Å². The van der Waals surface area contributed by atoms with Crippen LogP contribution in [-0.2, 0) is 11.3 Å². The monoisotopic (exact) mass is 225 g/mol. The van der Waals surface area contributed by atoms with Crippen LogP contribution in [0.5, 0.6) is 0 Å². The summed E-state index contributed by atoms with van der Waals surface area (Å²) in [7, 11) is 0. The molecule has 0 aliphatic heterocycles. The molecule has 0 atom stereocenters. The number of hydrogen-bond donors (Lipinski definition) is 1. The topological polar surface area (TPSA) is 84.1 Å². The van der Waals surface area contributed by atoms with E-state index in [2.05, 4.69) is 15.5 Å². The van der Waals surface area contributed by atoms with Crippen LogP contribution in [0.4, 0.5) is 0 Å². The van der Waals surface area contributed by atoms with Crippen molar-refractivity contribution in [3.63, 3.8) is 0 Å². The number of tetrazole rings is 1. The van der Waals surface area contributed by atoms with Crippen LogP contribution in [0.15, 0.2) is 6.33 Å². The van der Waals surface area contributed by atoms with Crippen molar-refractivity contribution in [3.05, 3.63) is 6.33 Å². The van der Waals surface area contributed by atoms with Crippen molar-refractivity contribution in [1.82, 2.24) is 25.1 Å². The van der Waals surface area contributed by atoms with E-state index in [0.717, 1.165) is 6.54 Å². The minimum atomic E-state index is -0.780. The lowest BCUT2D eigenvalue weighted by Crippen LogP contribution is -2.34. The molecule has 0 radical (unpaired) electrons. The van der Waals surface area contributed by atoms with Gasteiger partial charge in [-0.1, -0.05) is 0 Å². The van der Waals surface area contributed by atoms with Gasteiger partial charge in [0.25, 0.3) is 0 Å². The second kappa shape index (κ2) is 5.02. The molecular weight excluding hydrogens is 210 g/mol. The predicted octanol–water partition coefficient (Wildman–Crippen LogP) is -0.530. The maximum atomic E-state index is 10.7. The summed E-state index contributed by atoms with van der Waals surface area (Å²) in [6.07, 6.45) is 3.98. The molecule has 1 fully saturated rings. The molecular formula is C9H15N5O2. The first-order valence-electron chi connectivity index (χ1n) is 5.39. The van der Waals surface area contributed by atoms with Gasteiger partial charge in [-0.3, -0.25) is 9.69 Å². The summed E-state index contributed by atoms with van der Waals surface area (Å²) >= 11 is 0. The Morgan fingerprint density at radius 3 is 2.94 bits per heavy atom. The van der Waals surface area contributed by atoms with Gasteiger partial charge >= 0.3 is 5.97 Å². The van der Waals surface area contributed by atoms with E-state index in [-0.39, 0.29) is 6.54 Å². The Bertz CT molecular complexity index is 336. The Morgan fingerprint density at radius 2 is 2.38 bits per heavy atom. The van der Waals surface area contributed by atoms with Gasteiger partial charge in [0.2, 0.25) is 0 Å². The summed E-state index contributed by atoms with van der Waals surface area (Å²) in [5, 5.41) is 19.6. The van der Waals surface area contributed by atoms with E-state index in [1.54, 1.807) is 4.68 Å². The van der Waals surface area contributed by atoms with Crippen molar-refractivity contribution in [2.45, 2.75) is 19.4 Å². The van der Waals surface area contributed by atoms with Gasteiger partial charge in [-0.05, 0) is 29.2 Å². The van der Waals surface area contributed by atoms with Gasteiger partial charge in [0.1, 0.15) is 6.33 Å². The predicted molar refractivity (Wildman–Crippen MR) is 54.6 cm³/mol. The number of aliphatic carboxylic acids is 1. The molecule has 1 aromatic heterocycles. The third-order valence-electron chi connectivity index (χ3n) is 2.61. The standard InChI is InChI=1S/C9H15N5O2/c15-9(16)6-13(5-8-1-2-8)3-4-14-7-10-11-12-14/h7-8H,1-6H2,(H,15,16). The molecule has 0 amide bonds. The van der Waals surface area contributed by atoms with Gasteiger partial charge in [-0.15, -0.1) is 5.10 Å². The fraction of sp³-hybridized carbons (Fsp3) is 0.778. The summed E-state index contributed by atoms with van der Waals surface area (Å²) in [6, 6.07) is 0. The number of carboxylic acids is 1. The number of hydrogen-bond acceptors (Lipinski definition) is 5. The van der Waals surface area contributed by atoms with E-state index in [1.165, 1.54) is 19.2 Å². The zero-order valence-electron chi connectivity index (χ0n) is 8.99. The summed E-state index contributed by atoms with van der Waals surface area (Å²) in [5.74, 6) is -0.0920. The molecule has 88 valence electrons. The fourth-order valence-electron chi connectivity index (χ4n) is 1.62. The normalized spacial score (nSPS) is 15.6. The van der Waals surface area contributed by atoms with Crippen LogP contribution in [0.2, 0.25) is 0 Å². The molecule has 0 aromatic carbocycles. The van der Waals surface area contributed by atoms with Crippen molar-refractivity contribution in [2.24, 2.45) is 5.92 Å². The van der Waals surface area contributed by atoms with Crippen molar-refractivity contribution in [2.75, 3.05) is 19.6 Å². The van der Waals surface area contributed by atoms with E-state index < -0.39 is 5.97 Å². The van der Waals surface area contributed by atoms with Crippen molar-refractivity contribution in [1.29, 1.82) is 0 Å². The van der Waals surface area contributed by atoms with Crippen LogP contribution < -0.4 is 0 Å². The summed E-state index contributed by atoms with van der Waals surface area (Å²) in [4.78, 5) is 12.6. The van der Waals surface area contributed by atoms with Gasteiger partial charge < -0.3 is 5.11 Å². The Morgan fingerprint density at radius 1 is 1.56 bits per heavy atom. The number of carboxylic acid groups (broad SMARTS) is 1. The van der Waals surface area contributed by atoms with Gasteiger partial charge in [0.15, 0.2) is 0 Å². The SMILES string of the molecule is O=C(O)CN(CCn1cnnn1)CC1CC1. The molecule has 7 nitrogen and oxygen atoms in total. The smallest absolute Gasteiger partial charge is 0.317 e. The van der Waals surface area contributed by atoms with Gasteiger partial charge in [0.05, 0.1) is 13.1 Å². The number of aromatic nitrogens is 4. The van der Waals surface area contributed by atoms with Crippen molar-refractivity contribution >= 4 is 5.97 Å². The molecule has 0 saturated heterocycles. The molecule has 0 unspecified atom stereocenters. The minimum Gasteiger partial charge on any atom is -0.480 e. The Hall–Kier alpha value is -1.50. The highest BCUT2D eigenvalue weighted by Gasteiger charge is 2.25. The number of carbonyl (C=O) groups is 1. The molecule has 16 heavy (non-hydrogen) atoms. The molecule has 1 N–H and O–H groups in total. The zero-order chi connectivity index (χ0) is 11.4. The maximum absolute atomic E-state index is 10.7. The first-order valence-corrected chi connectivity index (χ1v) is 5.39. The van der Waals surface area contributed by atoms with Crippen LogP contribution in [0.1, 0.15) is 12.8 Å². The summed E-state index contributed by atoms with van der Waals surface area (Å²) in [6.45, 7) is 2.27. The molecule has 1 heterocycles. The third-order valence-corrected chi connectivity index (χ3v) is 2.61. The van der Waals surface area contributed by atoms with E-state index in [9.17, 15) is 4.79 Å². The zero-order valence-corrected chi connectivity index (χ0v) is 8.99. The average molecular weight is 225 g/mol. The molecule has 0 bridgehead atoms. The molecule has 1 aromatic rings. The van der Waals surface area contributed by atoms with E-state index in [1.807, 2.05) is 4.90 Å². The quantitative estimate of drug-likeness (QED) is 0.671. The highest BCUT2D eigenvalue weighted by atomic mass is 16.4. The number of rotatable bonds is 7. The maximum Gasteiger partial charge on any atom is 0.317 e. The Balaban J connectivity index is 1.78. The van der Waals surface area contributed by atoms with Crippen LogP contribution in [0.25, 0.3) is 0 Å². The number of nitrogens with zero attached hydrogens (tertiary/aromatic N) is 5. The van der Waals surface area contributed by atoms with Crippen LogP contribution in [0.3, 0.4) is 0 Å². The fourth-order valence-corrected chi connectivity index (χ4v) is 1.62. The Labute approximate surface area is 93.0 Å². The van der Waals surface area contributed by atoms with Gasteiger partial charge in [-0.25, -0.2) is 4.68 Å². The molecule has 0 spiro atoms. The summed E-state index contributed by atoms with van der Waals surface area (Å²) < 4.78 is 1.61. The molecule has 7 heteroatoms. The Kier molecular flexibility index (Phi) is 3.45. The second-order valence-electron chi connectivity index (χ2n) is 4.15. The van der Waals surface area contributed by atoms with Crippen LogP contribution in [0, 0.1) is 5.92 Å². The summed E-state index contributed by atoms with van der Waals surface area (Å²) in [5.41, 5.74) is 0.